The third-order valence-corrected chi connectivity index (χ3v) is 12.3. The average Bonchev–Trinajstić information content (AvgIpc) is 3.70. The van der Waals surface area contributed by atoms with Crippen LogP contribution < -0.4 is 59.5 Å². The molecule has 0 unspecified atom stereocenters. The Hall–Kier alpha value is -5.79. The number of hydrogen-bond donors (Lipinski definition) is 0. The molecule has 2 aliphatic carbocycles. The topological polar surface area (TPSA) is 3.24 Å². The molecule has 2 aliphatic rings. The Morgan fingerprint density at radius 1 is 0.317 bits per heavy atom. The summed E-state index contributed by atoms with van der Waals surface area (Å²) in [5, 5.41) is 0. The fraction of sp³-hybridized carbons (Fsp3) is 0.0204. The molecule has 0 aliphatic heterocycles. The van der Waals surface area contributed by atoms with Gasteiger partial charge in [-0.3, -0.25) is 0 Å². The molecule has 8 aromatic carbocycles. The fourth-order valence-corrected chi connectivity index (χ4v) is 9.41. The number of benzene rings is 8. The van der Waals surface area contributed by atoms with Gasteiger partial charge in [0.25, 0.3) is 0 Å². The molecule has 0 atom stereocenters. The number of fused-ring (bicyclic) bond motifs is 10. The van der Waals surface area contributed by atoms with Crippen molar-refractivity contribution in [2.75, 3.05) is 4.90 Å². The van der Waals surface area contributed by atoms with E-state index in [4.69, 9.17) is 78.5 Å². The lowest BCUT2D eigenvalue weighted by Gasteiger charge is -2.35. The lowest BCUT2D eigenvalue weighted by Crippen LogP contribution is -2.43. The van der Waals surface area contributed by atoms with Crippen LogP contribution in [0.1, 0.15) is 22.3 Å². The molecule has 0 fully saturated rings. The molecular weight excluding hydrogens is 711 g/mol. The van der Waals surface area contributed by atoms with E-state index in [1.807, 2.05) is 66.7 Å². The Balaban J connectivity index is 1.33. The Morgan fingerprint density at radius 3 is 1.13 bits per heavy atom. The maximum absolute atomic E-state index is 7.28. The van der Waals surface area contributed by atoms with Crippen LogP contribution in [0.15, 0.2) is 140 Å². The lowest BCUT2D eigenvalue weighted by molar-refractivity contribution is 0.798. The second-order valence-corrected chi connectivity index (χ2v) is 15.5. The van der Waals surface area contributed by atoms with Gasteiger partial charge in [0, 0.05) is 22.6 Å². The SMILES string of the molecule is [B]c1cc2c(cc1[B])C1(c3cc([B])c([B])c([B])c3-c3c1cc([B])c([B])c3[B])c1cc([B])c([B])c(N(c3ccc(-c4ccccc4)cc3)c3ccc(-c4ccccc4)cc3)c1-2. The first-order valence-electron chi connectivity index (χ1n) is 19.4. The summed E-state index contributed by atoms with van der Waals surface area (Å²) in [6.07, 6.45) is 0. The van der Waals surface area contributed by atoms with E-state index < -0.39 is 5.41 Å². The quantitative estimate of drug-likeness (QED) is 0.237. The van der Waals surface area contributed by atoms with E-state index in [1.54, 1.807) is 0 Å². The Kier molecular flexibility index (Phi) is 9.07. The van der Waals surface area contributed by atoms with Crippen LogP contribution >= 0.6 is 0 Å². The second kappa shape index (κ2) is 14.2. The summed E-state index contributed by atoms with van der Waals surface area (Å²) < 4.78 is 0. The van der Waals surface area contributed by atoms with Gasteiger partial charge >= 0.3 is 0 Å². The van der Waals surface area contributed by atoms with Crippen molar-refractivity contribution in [1.82, 2.24) is 0 Å². The van der Waals surface area contributed by atoms with E-state index in [9.17, 15) is 0 Å². The number of nitrogens with zero attached hydrogens (tertiary/aromatic N) is 1. The first-order chi connectivity index (χ1) is 28.9. The van der Waals surface area contributed by atoms with Crippen LogP contribution in [0.2, 0.25) is 0 Å². The summed E-state index contributed by atoms with van der Waals surface area (Å²) in [6.45, 7) is 0. The van der Waals surface area contributed by atoms with Gasteiger partial charge in [0.1, 0.15) is 78.5 Å². The largest absolute Gasteiger partial charge is 0.310 e. The molecular formula is C49H23B10N. The van der Waals surface area contributed by atoms with Crippen LogP contribution in [-0.4, -0.2) is 78.5 Å². The van der Waals surface area contributed by atoms with E-state index >= 15 is 0 Å². The minimum atomic E-state index is -1.18. The van der Waals surface area contributed by atoms with Gasteiger partial charge in [-0.05, 0) is 85.5 Å². The molecule has 0 amide bonds. The van der Waals surface area contributed by atoms with Gasteiger partial charge < -0.3 is 4.90 Å². The normalized spacial score (nSPS) is 12.8. The third kappa shape index (κ3) is 5.47. The predicted octanol–water partition coefficient (Wildman–Crippen LogP) is 0.772. The molecule has 10 rings (SSSR count). The molecule has 254 valence electrons. The van der Waals surface area contributed by atoms with Crippen molar-refractivity contribution in [3.8, 4) is 44.5 Å². The van der Waals surface area contributed by atoms with Crippen LogP contribution in [0.25, 0.3) is 44.5 Å². The van der Waals surface area contributed by atoms with Crippen LogP contribution in [0.3, 0.4) is 0 Å². The van der Waals surface area contributed by atoms with E-state index in [-0.39, 0.29) is 21.9 Å². The van der Waals surface area contributed by atoms with Crippen molar-refractivity contribution in [3.05, 3.63) is 162 Å². The second-order valence-electron chi connectivity index (χ2n) is 15.5. The van der Waals surface area contributed by atoms with Crippen molar-refractivity contribution in [1.29, 1.82) is 0 Å². The van der Waals surface area contributed by atoms with Crippen LogP contribution in [0, 0.1) is 0 Å². The Labute approximate surface area is 364 Å². The summed E-state index contributed by atoms with van der Waals surface area (Å²) in [7, 11) is 68.1. The number of anilines is 3. The van der Waals surface area contributed by atoms with Crippen molar-refractivity contribution >= 4 is 150 Å². The number of rotatable bonds is 5. The minimum absolute atomic E-state index is 0.225. The van der Waals surface area contributed by atoms with Crippen molar-refractivity contribution < 1.29 is 0 Å². The molecule has 8 aromatic rings. The summed E-state index contributed by atoms with van der Waals surface area (Å²) >= 11 is 0. The fourth-order valence-electron chi connectivity index (χ4n) is 9.41. The van der Waals surface area contributed by atoms with Gasteiger partial charge in [-0.1, -0.05) is 132 Å². The number of hydrogen-bond acceptors (Lipinski definition) is 1. The molecule has 0 aromatic heterocycles. The molecule has 0 bridgehead atoms. The van der Waals surface area contributed by atoms with Crippen molar-refractivity contribution in [2.45, 2.75) is 5.41 Å². The third-order valence-electron chi connectivity index (χ3n) is 12.3. The van der Waals surface area contributed by atoms with Gasteiger partial charge in [-0.2, -0.15) is 0 Å². The highest BCUT2D eigenvalue weighted by Gasteiger charge is 2.54. The highest BCUT2D eigenvalue weighted by molar-refractivity contribution is 6.62. The minimum Gasteiger partial charge on any atom is -0.310 e. The molecule has 11 heteroatoms. The summed E-state index contributed by atoms with van der Waals surface area (Å²) in [6, 6.07) is 46.5. The summed E-state index contributed by atoms with van der Waals surface area (Å²) in [5.74, 6) is 0. The first kappa shape index (κ1) is 38.4. The van der Waals surface area contributed by atoms with E-state index in [0.29, 0.717) is 60.7 Å². The molecule has 0 saturated heterocycles. The highest BCUT2D eigenvalue weighted by Crippen LogP contribution is 2.63. The van der Waals surface area contributed by atoms with E-state index in [1.165, 1.54) is 0 Å². The lowest BCUT2D eigenvalue weighted by atomic mass is 9.63. The van der Waals surface area contributed by atoms with Crippen molar-refractivity contribution in [3.63, 3.8) is 0 Å². The van der Waals surface area contributed by atoms with Gasteiger partial charge in [0.15, 0.2) is 0 Å². The van der Waals surface area contributed by atoms with Gasteiger partial charge in [0.2, 0.25) is 0 Å². The maximum atomic E-state index is 7.28. The van der Waals surface area contributed by atoms with Gasteiger partial charge in [0.05, 0.1) is 5.41 Å². The zero-order valence-corrected chi connectivity index (χ0v) is 32.5. The van der Waals surface area contributed by atoms with Crippen LogP contribution in [0.4, 0.5) is 17.1 Å². The van der Waals surface area contributed by atoms with Gasteiger partial charge in [-0.15, -0.1) is 38.2 Å². The van der Waals surface area contributed by atoms with Gasteiger partial charge in [-0.25, -0.2) is 0 Å². The average molecular weight is 734 g/mol. The Bertz CT molecular complexity index is 2930. The molecule has 1 spiro atoms. The predicted molar refractivity (Wildman–Crippen MR) is 262 cm³/mol. The van der Waals surface area contributed by atoms with Crippen LogP contribution in [-0.2, 0) is 5.41 Å². The molecule has 0 heterocycles. The van der Waals surface area contributed by atoms with Crippen molar-refractivity contribution in [2.24, 2.45) is 0 Å². The van der Waals surface area contributed by atoms with E-state index in [0.717, 1.165) is 55.9 Å². The summed E-state index contributed by atoms with van der Waals surface area (Å²) in [4.78, 5) is 2.14. The monoisotopic (exact) mass is 735 g/mol. The first-order valence-corrected chi connectivity index (χ1v) is 19.4. The highest BCUT2D eigenvalue weighted by atomic mass is 15.1. The summed E-state index contributed by atoms with van der Waals surface area (Å²) in [5.41, 5.74) is 14.1. The zero-order chi connectivity index (χ0) is 41.8. The molecule has 1 nitrogen and oxygen atoms in total. The molecule has 0 N–H and O–H groups in total. The Morgan fingerprint density at radius 2 is 0.683 bits per heavy atom. The smallest absolute Gasteiger partial charge is 0.115 e. The van der Waals surface area contributed by atoms with Crippen LogP contribution in [0.5, 0.6) is 0 Å². The molecule has 60 heavy (non-hydrogen) atoms. The molecule has 0 saturated carbocycles. The maximum Gasteiger partial charge on any atom is 0.115 e. The molecule has 20 radical (unpaired) electrons. The standard InChI is InChI=1S/C49H23B10N/c50-35-19-30-31(20-36(35)51)49(33-22-37(52)43(55)46(58)41(33)42-34(49)23-38(53)44(56)47(42)59)32-21-39(54)45(57)48(40(30)32)60(28-15-11-26(12-16-28)24-7-3-1-4-8-24)29-17-13-27(14-18-29)25-9-5-2-6-10-25/h1-23H. The zero-order valence-electron chi connectivity index (χ0n) is 32.5. The van der Waals surface area contributed by atoms with E-state index in [2.05, 4.69) is 77.7 Å².